The first-order valence-corrected chi connectivity index (χ1v) is 19.1. The van der Waals surface area contributed by atoms with Gasteiger partial charge < -0.3 is 4.57 Å². The Kier molecular flexibility index (Phi) is 6.59. The molecule has 5 heteroatoms. The Morgan fingerprint density at radius 3 is 1.77 bits per heavy atom. The first kappa shape index (κ1) is 29.5. The minimum atomic E-state index is 0.901. The van der Waals surface area contributed by atoms with E-state index < -0.39 is 0 Å². The molecule has 7 aromatic carbocycles. The van der Waals surface area contributed by atoms with Crippen LogP contribution in [0, 0.1) is 0 Å². The fraction of sp³-hybridized carbons (Fsp3) is 0. The lowest BCUT2D eigenvalue weighted by Crippen LogP contribution is -2.11. The summed E-state index contributed by atoms with van der Waals surface area (Å²) in [5.41, 5.74) is 7.91. The van der Waals surface area contributed by atoms with Crippen LogP contribution in [-0.2, 0) is 0 Å². The van der Waals surface area contributed by atoms with Crippen molar-refractivity contribution in [1.82, 2.24) is 9.55 Å². The molecule has 0 amide bonds. The number of fused-ring (bicyclic) bond motifs is 9. The van der Waals surface area contributed by atoms with E-state index in [-0.39, 0.29) is 0 Å². The van der Waals surface area contributed by atoms with Crippen molar-refractivity contribution in [3.63, 3.8) is 0 Å². The Labute approximate surface area is 307 Å². The largest absolute Gasteiger partial charge is 0.309 e. The van der Waals surface area contributed by atoms with Gasteiger partial charge in [-0.25, -0.2) is 4.98 Å². The predicted octanol–water partition coefficient (Wildman–Crippen LogP) is 14.1. The molecule has 4 aromatic heterocycles. The highest BCUT2D eigenvalue weighted by Crippen LogP contribution is 2.45. The second-order valence-corrected chi connectivity index (χ2v) is 15.3. The number of pyridine rings is 1. The zero-order valence-corrected chi connectivity index (χ0v) is 29.5. The van der Waals surface area contributed by atoms with E-state index in [9.17, 15) is 0 Å². The number of hydrogen-bond donors (Lipinski definition) is 0. The minimum absolute atomic E-state index is 0.901. The van der Waals surface area contributed by atoms with E-state index >= 15 is 0 Å². The second kappa shape index (κ2) is 11.6. The van der Waals surface area contributed by atoms with Gasteiger partial charge in [-0.2, -0.15) is 0 Å². The molecule has 244 valence electrons. The van der Waals surface area contributed by atoms with E-state index in [1.165, 1.54) is 67.8 Å². The van der Waals surface area contributed by atoms with Crippen LogP contribution in [0.2, 0.25) is 0 Å². The summed E-state index contributed by atoms with van der Waals surface area (Å²) >= 11 is 3.69. The highest BCUT2D eigenvalue weighted by Gasteiger charge is 2.21. The standard InChI is InChI=1S/C47H29N3S2/c1-3-13-30(14-4-1)47-46-38-19-9-12-22-41(38)51-44(46)29-45(48-47)49(31-15-5-2-6-16-31)32-23-25-36-37-26-24-33(28-43(37)52-42(36)27-32)50-39-20-10-7-17-34(39)35-18-8-11-21-40(35)50/h1-29H. The molecule has 3 nitrogen and oxygen atoms in total. The Morgan fingerprint density at radius 2 is 1.02 bits per heavy atom. The van der Waals surface area contributed by atoms with Gasteiger partial charge in [-0.1, -0.05) is 115 Å². The SMILES string of the molecule is c1ccc(-c2nc(N(c3ccccc3)c3ccc4c(c3)sc3cc(-n5c6ccccc6c6ccccc65)ccc34)cc3sc4ccccc4c23)cc1. The Balaban J connectivity index is 1.10. The Bertz CT molecular complexity index is 3080. The van der Waals surface area contributed by atoms with Crippen molar-refractivity contribution in [2.45, 2.75) is 0 Å². The maximum atomic E-state index is 5.49. The number of hydrogen-bond acceptors (Lipinski definition) is 4. The molecule has 0 fully saturated rings. The zero-order chi connectivity index (χ0) is 34.2. The molecule has 0 aliphatic carbocycles. The molecular weight excluding hydrogens is 671 g/mol. The van der Waals surface area contributed by atoms with E-state index in [0.717, 1.165) is 28.5 Å². The van der Waals surface area contributed by atoms with E-state index in [0.29, 0.717) is 0 Å². The van der Waals surface area contributed by atoms with Crippen molar-refractivity contribution in [2.24, 2.45) is 0 Å². The highest BCUT2D eigenvalue weighted by atomic mass is 32.1. The number of benzene rings is 7. The molecule has 11 rings (SSSR count). The van der Waals surface area contributed by atoms with Gasteiger partial charge >= 0.3 is 0 Å². The van der Waals surface area contributed by atoms with Gasteiger partial charge in [0, 0.05) is 73.7 Å². The fourth-order valence-electron chi connectivity index (χ4n) is 7.87. The molecule has 0 bridgehead atoms. The van der Waals surface area contributed by atoms with Crippen LogP contribution < -0.4 is 4.90 Å². The normalized spacial score (nSPS) is 11.8. The van der Waals surface area contributed by atoms with Gasteiger partial charge in [0.2, 0.25) is 0 Å². The molecule has 4 heterocycles. The van der Waals surface area contributed by atoms with Crippen LogP contribution in [0.4, 0.5) is 17.2 Å². The Hall–Kier alpha value is -6.27. The number of anilines is 3. The van der Waals surface area contributed by atoms with Crippen LogP contribution in [0.1, 0.15) is 0 Å². The number of nitrogens with zero attached hydrogens (tertiary/aromatic N) is 3. The van der Waals surface area contributed by atoms with Crippen LogP contribution in [0.25, 0.3) is 79.1 Å². The van der Waals surface area contributed by atoms with Crippen LogP contribution in [0.15, 0.2) is 176 Å². The summed E-state index contributed by atoms with van der Waals surface area (Å²) in [7, 11) is 0. The van der Waals surface area contributed by atoms with Crippen LogP contribution >= 0.6 is 22.7 Å². The molecule has 0 aliphatic rings. The van der Waals surface area contributed by atoms with Crippen molar-refractivity contribution >= 4 is 102 Å². The van der Waals surface area contributed by atoms with Crippen LogP contribution in [-0.4, -0.2) is 9.55 Å². The summed E-state index contributed by atoms with van der Waals surface area (Å²) in [5.74, 6) is 0.901. The third kappa shape index (κ3) is 4.53. The average Bonchev–Trinajstić information content (AvgIpc) is 3.87. The number of aromatic nitrogens is 2. The average molecular weight is 700 g/mol. The summed E-state index contributed by atoms with van der Waals surface area (Å²) < 4.78 is 7.42. The molecule has 0 atom stereocenters. The van der Waals surface area contributed by atoms with Gasteiger partial charge in [-0.05, 0) is 60.7 Å². The lowest BCUT2D eigenvalue weighted by Gasteiger charge is -2.25. The molecule has 52 heavy (non-hydrogen) atoms. The van der Waals surface area contributed by atoms with E-state index in [2.05, 4.69) is 185 Å². The minimum Gasteiger partial charge on any atom is -0.309 e. The van der Waals surface area contributed by atoms with Crippen molar-refractivity contribution in [3.8, 4) is 16.9 Å². The zero-order valence-electron chi connectivity index (χ0n) is 27.9. The van der Waals surface area contributed by atoms with Crippen molar-refractivity contribution in [2.75, 3.05) is 4.90 Å². The van der Waals surface area contributed by atoms with Gasteiger partial charge in [-0.3, -0.25) is 4.90 Å². The van der Waals surface area contributed by atoms with E-state index in [1.54, 1.807) is 0 Å². The number of thiophene rings is 2. The van der Waals surface area contributed by atoms with Gasteiger partial charge in [-0.15, -0.1) is 22.7 Å². The van der Waals surface area contributed by atoms with Crippen molar-refractivity contribution in [1.29, 1.82) is 0 Å². The quantitative estimate of drug-likeness (QED) is 0.178. The predicted molar refractivity (Wildman–Crippen MR) is 224 cm³/mol. The topological polar surface area (TPSA) is 21.1 Å². The maximum absolute atomic E-state index is 5.49. The van der Waals surface area contributed by atoms with Crippen molar-refractivity contribution in [3.05, 3.63) is 176 Å². The third-order valence-electron chi connectivity index (χ3n) is 10.2. The third-order valence-corrected chi connectivity index (χ3v) is 12.4. The highest BCUT2D eigenvalue weighted by molar-refractivity contribution is 7.26. The lowest BCUT2D eigenvalue weighted by molar-refractivity contribution is 1.19. The van der Waals surface area contributed by atoms with Gasteiger partial charge in [0.15, 0.2) is 0 Å². The van der Waals surface area contributed by atoms with Crippen LogP contribution in [0.3, 0.4) is 0 Å². The molecule has 0 unspecified atom stereocenters. The van der Waals surface area contributed by atoms with Gasteiger partial charge in [0.05, 0.1) is 16.7 Å². The maximum Gasteiger partial charge on any atom is 0.139 e. The molecule has 0 saturated carbocycles. The monoisotopic (exact) mass is 699 g/mol. The number of para-hydroxylation sites is 3. The summed E-state index contributed by atoms with van der Waals surface area (Å²) in [5, 5.41) is 7.55. The first-order chi connectivity index (χ1) is 25.8. The number of rotatable bonds is 5. The first-order valence-electron chi connectivity index (χ1n) is 17.5. The smallest absolute Gasteiger partial charge is 0.139 e. The van der Waals surface area contributed by atoms with E-state index in [4.69, 9.17) is 4.98 Å². The van der Waals surface area contributed by atoms with Crippen LogP contribution in [0.5, 0.6) is 0 Å². The fourth-order valence-corrected chi connectivity index (χ4v) is 10.2. The molecule has 0 spiro atoms. The molecule has 0 aliphatic heterocycles. The van der Waals surface area contributed by atoms with E-state index in [1.807, 2.05) is 22.7 Å². The lowest BCUT2D eigenvalue weighted by atomic mass is 10.0. The van der Waals surface area contributed by atoms with Gasteiger partial charge in [0.1, 0.15) is 5.82 Å². The van der Waals surface area contributed by atoms with Gasteiger partial charge in [0.25, 0.3) is 0 Å². The Morgan fingerprint density at radius 1 is 0.423 bits per heavy atom. The summed E-state index contributed by atoms with van der Waals surface area (Å²) in [6.07, 6.45) is 0. The molecule has 0 saturated heterocycles. The summed E-state index contributed by atoms with van der Waals surface area (Å²) in [4.78, 5) is 7.80. The second-order valence-electron chi connectivity index (χ2n) is 13.2. The molecule has 0 N–H and O–H groups in total. The molecular formula is C47H29N3S2. The molecule has 11 aromatic rings. The summed E-state index contributed by atoms with van der Waals surface area (Å²) in [6, 6.07) is 63.4. The van der Waals surface area contributed by atoms with Crippen molar-refractivity contribution < 1.29 is 0 Å². The molecule has 0 radical (unpaired) electrons. The summed E-state index contributed by atoms with van der Waals surface area (Å²) in [6.45, 7) is 0.